The van der Waals surface area contributed by atoms with Crippen LogP contribution < -0.4 is 10.6 Å². The van der Waals surface area contributed by atoms with E-state index in [1.54, 1.807) is 0 Å². The van der Waals surface area contributed by atoms with E-state index >= 15 is 0 Å². The highest BCUT2D eigenvalue weighted by Gasteiger charge is 2.27. The molecule has 156 valence electrons. The van der Waals surface area contributed by atoms with Gasteiger partial charge in [0.2, 0.25) is 0 Å². The molecule has 7 heteroatoms. The molecule has 28 heavy (non-hydrogen) atoms. The van der Waals surface area contributed by atoms with Gasteiger partial charge in [-0.15, -0.1) is 10.2 Å². The van der Waals surface area contributed by atoms with E-state index in [0.717, 1.165) is 56.1 Å². The highest BCUT2D eigenvalue weighted by Crippen LogP contribution is 2.26. The van der Waals surface area contributed by atoms with E-state index < -0.39 is 0 Å². The maximum Gasteiger partial charge on any atom is 0.191 e. The lowest BCUT2D eigenvalue weighted by molar-refractivity contribution is 0.150. The molecule has 0 spiro atoms. The van der Waals surface area contributed by atoms with Crippen LogP contribution in [0.5, 0.6) is 0 Å². The molecule has 4 rings (SSSR count). The van der Waals surface area contributed by atoms with Gasteiger partial charge in [-0.2, -0.15) is 0 Å². The van der Waals surface area contributed by atoms with Crippen LogP contribution in [0.2, 0.25) is 0 Å². The SMILES string of the molecule is CCNC(=NCC1CCc2nnc(C)n2C1)NC1CCN(C2CCCC2)CC1. The fourth-order valence-electron chi connectivity index (χ4n) is 5.09. The third kappa shape index (κ3) is 4.67. The highest BCUT2D eigenvalue weighted by atomic mass is 15.3. The van der Waals surface area contributed by atoms with Crippen molar-refractivity contribution in [2.24, 2.45) is 10.9 Å². The molecule has 2 fully saturated rings. The van der Waals surface area contributed by atoms with Crippen molar-refractivity contribution in [1.82, 2.24) is 30.3 Å². The largest absolute Gasteiger partial charge is 0.357 e. The summed E-state index contributed by atoms with van der Waals surface area (Å²) in [6.45, 7) is 9.44. The topological polar surface area (TPSA) is 70.4 Å². The van der Waals surface area contributed by atoms with Crippen molar-refractivity contribution in [2.45, 2.75) is 83.8 Å². The van der Waals surface area contributed by atoms with Crippen LogP contribution in [-0.4, -0.2) is 63.9 Å². The first-order chi connectivity index (χ1) is 13.7. The van der Waals surface area contributed by atoms with Gasteiger partial charge in [0.25, 0.3) is 0 Å². The van der Waals surface area contributed by atoms with Gasteiger partial charge in [-0.25, -0.2) is 0 Å². The summed E-state index contributed by atoms with van der Waals surface area (Å²) in [5, 5.41) is 15.7. The first-order valence-corrected chi connectivity index (χ1v) is 11.4. The minimum Gasteiger partial charge on any atom is -0.357 e. The number of hydrogen-bond acceptors (Lipinski definition) is 4. The minimum absolute atomic E-state index is 0.550. The second kappa shape index (κ2) is 9.25. The molecule has 0 amide bonds. The Balaban J connectivity index is 1.27. The summed E-state index contributed by atoms with van der Waals surface area (Å²) in [7, 11) is 0. The predicted molar refractivity (Wildman–Crippen MR) is 113 cm³/mol. The fraction of sp³-hybridized carbons (Fsp3) is 0.857. The Morgan fingerprint density at radius 2 is 1.89 bits per heavy atom. The maximum absolute atomic E-state index is 4.94. The predicted octanol–water partition coefficient (Wildman–Crippen LogP) is 2.11. The molecule has 1 saturated carbocycles. The van der Waals surface area contributed by atoms with E-state index in [2.05, 4.69) is 37.2 Å². The molecule has 7 nitrogen and oxygen atoms in total. The van der Waals surface area contributed by atoms with Crippen molar-refractivity contribution < 1.29 is 0 Å². The summed E-state index contributed by atoms with van der Waals surface area (Å²) >= 11 is 0. The third-order valence-electron chi connectivity index (χ3n) is 6.79. The zero-order valence-corrected chi connectivity index (χ0v) is 17.7. The van der Waals surface area contributed by atoms with Gasteiger partial charge in [-0.1, -0.05) is 12.8 Å². The Morgan fingerprint density at radius 3 is 2.64 bits per heavy atom. The van der Waals surface area contributed by atoms with E-state index in [0.29, 0.717) is 12.0 Å². The highest BCUT2D eigenvalue weighted by molar-refractivity contribution is 5.80. The van der Waals surface area contributed by atoms with Crippen molar-refractivity contribution in [3.05, 3.63) is 11.6 Å². The molecule has 3 aliphatic rings. The van der Waals surface area contributed by atoms with Gasteiger partial charge in [0.1, 0.15) is 11.6 Å². The summed E-state index contributed by atoms with van der Waals surface area (Å²) in [4.78, 5) is 7.67. The fourth-order valence-corrected chi connectivity index (χ4v) is 5.09. The molecule has 1 atom stereocenters. The van der Waals surface area contributed by atoms with E-state index in [-0.39, 0.29) is 0 Å². The van der Waals surface area contributed by atoms with E-state index in [9.17, 15) is 0 Å². The smallest absolute Gasteiger partial charge is 0.191 e. The van der Waals surface area contributed by atoms with Crippen LogP contribution in [0.3, 0.4) is 0 Å². The van der Waals surface area contributed by atoms with Gasteiger partial charge < -0.3 is 20.1 Å². The van der Waals surface area contributed by atoms with E-state index in [1.807, 2.05) is 6.92 Å². The van der Waals surface area contributed by atoms with Gasteiger partial charge in [0, 0.05) is 51.2 Å². The van der Waals surface area contributed by atoms with E-state index in [1.165, 1.54) is 51.6 Å². The lowest BCUT2D eigenvalue weighted by atomic mass is 9.99. The van der Waals surface area contributed by atoms with Crippen LogP contribution in [0.4, 0.5) is 0 Å². The Hall–Kier alpha value is -1.63. The van der Waals surface area contributed by atoms with Gasteiger partial charge in [0.05, 0.1) is 0 Å². The molecule has 3 heterocycles. The van der Waals surface area contributed by atoms with Crippen molar-refractivity contribution in [1.29, 1.82) is 0 Å². The Kier molecular flexibility index (Phi) is 6.50. The summed E-state index contributed by atoms with van der Waals surface area (Å²) in [5.41, 5.74) is 0. The summed E-state index contributed by atoms with van der Waals surface area (Å²) in [5.74, 6) is 3.73. The number of nitrogens with one attached hydrogen (secondary N) is 2. The van der Waals surface area contributed by atoms with Crippen molar-refractivity contribution in [3.63, 3.8) is 0 Å². The molecular weight excluding hydrogens is 350 g/mol. The minimum atomic E-state index is 0.550. The Morgan fingerprint density at radius 1 is 1.11 bits per heavy atom. The molecule has 1 saturated heterocycles. The van der Waals surface area contributed by atoms with Crippen LogP contribution in [0.15, 0.2) is 4.99 Å². The number of aliphatic imine (C=N–C) groups is 1. The Bertz CT molecular complexity index is 654. The number of rotatable bonds is 5. The quantitative estimate of drug-likeness (QED) is 0.598. The zero-order valence-electron chi connectivity index (χ0n) is 17.7. The van der Waals surface area contributed by atoms with E-state index in [4.69, 9.17) is 4.99 Å². The number of nitrogens with zero attached hydrogens (tertiary/aromatic N) is 5. The Labute approximate surface area is 169 Å². The standard InChI is InChI=1S/C21H37N7/c1-3-22-21(23-14-17-8-9-20-26-25-16(2)28(20)15-17)24-18-10-12-27(13-11-18)19-6-4-5-7-19/h17-19H,3-15H2,1-2H3,(H2,22,23,24). The monoisotopic (exact) mass is 387 g/mol. The number of aryl methyl sites for hydroxylation is 2. The molecule has 2 aliphatic heterocycles. The average molecular weight is 388 g/mol. The van der Waals surface area contributed by atoms with Crippen LogP contribution >= 0.6 is 0 Å². The summed E-state index contributed by atoms with van der Waals surface area (Å²) in [6, 6.07) is 1.41. The molecule has 1 aromatic rings. The van der Waals surface area contributed by atoms with Gasteiger partial charge in [0.15, 0.2) is 5.96 Å². The molecule has 0 radical (unpaired) electrons. The van der Waals surface area contributed by atoms with Gasteiger partial charge in [-0.05, 0) is 51.9 Å². The van der Waals surface area contributed by atoms with Crippen molar-refractivity contribution in [2.75, 3.05) is 26.2 Å². The molecular formula is C21H37N7. The van der Waals surface area contributed by atoms with Gasteiger partial charge >= 0.3 is 0 Å². The molecule has 1 aliphatic carbocycles. The molecule has 0 bridgehead atoms. The molecule has 1 unspecified atom stereocenters. The molecule has 2 N–H and O–H groups in total. The molecule has 0 aromatic carbocycles. The second-order valence-electron chi connectivity index (χ2n) is 8.79. The third-order valence-corrected chi connectivity index (χ3v) is 6.79. The molecule has 1 aromatic heterocycles. The summed E-state index contributed by atoms with van der Waals surface area (Å²) in [6.07, 6.45) is 10.3. The van der Waals surface area contributed by atoms with Crippen LogP contribution in [-0.2, 0) is 13.0 Å². The summed E-state index contributed by atoms with van der Waals surface area (Å²) < 4.78 is 2.27. The number of aromatic nitrogens is 3. The number of guanidine groups is 1. The lowest BCUT2D eigenvalue weighted by Gasteiger charge is -2.36. The van der Waals surface area contributed by atoms with Crippen molar-refractivity contribution in [3.8, 4) is 0 Å². The number of fused-ring (bicyclic) bond motifs is 1. The number of likely N-dealkylation sites (tertiary alicyclic amines) is 1. The number of hydrogen-bond donors (Lipinski definition) is 2. The van der Waals surface area contributed by atoms with Crippen LogP contribution in [0, 0.1) is 12.8 Å². The first-order valence-electron chi connectivity index (χ1n) is 11.4. The van der Waals surface area contributed by atoms with Gasteiger partial charge in [-0.3, -0.25) is 4.99 Å². The second-order valence-corrected chi connectivity index (χ2v) is 8.79. The first kappa shape index (κ1) is 19.7. The zero-order chi connectivity index (χ0) is 19.3. The van der Waals surface area contributed by atoms with Crippen molar-refractivity contribution >= 4 is 5.96 Å². The number of piperidine rings is 1. The lowest BCUT2D eigenvalue weighted by Crippen LogP contribution is -2.50. The maximum atomic E-state index is 4.94. The normalized spacial score (nSPS) is 25.1. The average Bonchev–Trinajstić information content (AvgIpc) is 3.37. The van der Waals surface area contributed by atoms with Crippen LogP contribution in [0.25, 0.3) is 0 Å². The van der Waals surface area contributed by atoms with Crippen LogP contribution in [0.1, 0.15) is 63.5 Å².